The van der Waals surface area contributed by atoms with E-state index in [9.17, 15) is 0 Å². The van der Waals surface area contributed by atoms with Gasteiger partial charge in [0.05, 0.1) is 13.7 Å². The van der Waals surface area contributed by atoms with Crippen LogP contribution in [0.3, 0.4) is 0 Å². The van der Waals surface area contributed by atoms with Gasteiger partial charge in [-0.25, -0.2) is 0 Å². The third-order valence-corrected chi connectivity index (χ3v) is 2.75. The summed E-state index contributed by atoms with van der Waals surface area (Å²) in [6, 6.07) is 7.45. The zero-order valence-corrected chi connectivity index (χ0v) is 10.6. The lowest BCUT2D eigenvalue weighted by Crippen LogP contribution is -2.21. The molecule has 1 aromatic carbocycles. The third-order valence-electron chi connectivity index (χ3n) is 2.46. The van der Waals surface area contributed by atoms with Gasteiger partial charge in [-0.2, -0.15) is 12.6 Å². The smallest absolute Gasteiger partial charge is 0.167 e. The highest BCUT2D eigenvalue weighted by atomic mass is 32.1. The largest absolute Gasteiger partial charge is 0.497 e. The summed E-state index contributed by atoms with van der Waals surface area (Å²) in [7, 11) is 1.64. The van der Waals surface area contributed by atoms with Crippen molar-refractivity contribution in [2.45, 2.75) is 12.4 Å². The molecule has 1 fully saturated rings. The van der Waals surface area contributed by atoms with Gasteiger partial charge in [-0.05, 0) is 24.3 Å². The van der Waals surface area contributed by atoms with Gasteiger partial charge >= 0.3 is 0 Å². The molecule has 1 aromatic rings. The number of thiol groups is 1. The van der Waals surface area contributed by atoms with Gasteiger partial charge in [-0.3, -0.25) is 0 Å². The van der Waals surface area contributed by atoms with Gasteiger partial charge < -0.3 is 18.9 Å². The highest BCUT2D eigenvalue weighted by Crippen LogP contribution is 2.19. The Kier molecular flexibility index (Phi) is 4.53. The monoisotopic (exact) mass is 256 g/mol. The van der Waals surface area contributed by atoms with Crippen LogP contribution in [0.5, 0.6) is 11.5 Å². The van der Waals surface area contributed by atoms with Crippen molar-refractivity contribution in [1.82, 2.24) is 0 Å². The molecule has 2 rings (SSSR count). The molecule has 4 nitrogen and oxygen atoms in total. The Hall–Kier alpha value is -0.910. The first-order valence-corrected chi connectivity index (χ1v) is 6.10. The Morgan fingerprint density at radius 2 is 2.00 bits per heavy atom. The molecule has 0 bridgehead atoms. The Bertz CT molecular complexity index is 341. The summed E-state index contributed by atoms with van der Waals surface area (Å²) in [5.74, 6) is 2.18. The first-order chi connectivity index (χ1) is 8.31. The van der Waals surface area contributed by atoms with Crippen molar-refractivity contribution in [2.75, 3.05) is 26.1 Å². The van der Waals surface area contributed by atoms with Gasteiger partial charge in [0.1, 0.15) is 24.2 Å². The maximum atomic E-state index is 5.60. The first-order valence-electron chi connectivity index (χ1n) is 5.46. The predicted octanol–water partition coefficient (Wildman–Crippen LogP) is 1.75. The SMILES string of the molecule is COc1ccc(OCC2COC(CS)O2)cc1. The fourth-order valence-corrected chi connectivity index (χ4v) is 1.74. The second-order valence-corrected chi connectivity index (χ2v) is 4.06. The van der Waals surface area contributed by atoms with Crippen molar-refractivity contribution in [1.29, 1.82) is 0 Å². The van der Waals surface area contributed by atoms with Crippen LogP contribution in [-0.2, 0) is 9.47 Å². The van der Waals surface area contributed by atoms with Gasteiger partial charge in [0.15, 0.2) is 6.29 Å². The summed E-state index contributed by atoms with van der Waals surface area (Å²) in [6.45, 7) is 1.04. The highest BCUT2D eigenvalue weighted by molar-refractivity contribution is 7.80. The third kappa shape index (κ3) is 3.52. The average Bonchev–Trinajstić information content (AvgIpc) is 2.85. The van der Waals surface area contributed by atoms with Crippen LogP contribution in [0.2, 0.25) is 0 Å². The van der Waals surface area contributed by atoms with Gasteiger partial charge in [0.2, 0.25) is 0 Å². The van der Waals surface area contributed by atoms with Crippen molar-refractivity contribution in [3.8, 4) is 11.5 Å². The van der Waals surface area contributed by atoms with E-state index in [0.717, 1.165) is 11.5 Å². The lowest BCUT2D eigenvalue weighted by atomic mass is 10.3. The summed E-state index contributed by atoms with van der Waals surface area (Å²) in [4.78, 5) is 0. The molecule has 0 amide bonds. The molecule has 0 saturated carbocycles. The molecule has 1 saturated heterocycles. The number of hydrogen-bond donors (Lipinski definition) is 1. The highest BCUT2D eigenvalue weighted by Gasteiger charge is 2.25. The summed E-state index contributed by atoms with van der Waals surface area (Å²) < 4.78 is 21.5. The molecule has 2 unspecified atom stereocenters. The van der Waals surface area contributed by atoms with Crippen LogP contribution in [0.1, 0.15) is 0 Å². The lowest BCUT2D eigenvalue weighted by molar-refractivity contribution is -0.0449. The van der Waals surface area contributed by atoms with Crippen LogP contribution < -0.4 is 9.47 Å². The van der Waals surface area contributed by atoms with Crippen LogP contribution in [0.15, 0.2) is 24.3 Å². The number of methoxy groups -OCH3 is 1. The molecule has 94 valence electrons. The molecule has 0 N–H and O–H groups in total. The zero-order valence-electron chi connectivity index (χ0n) is 9.67. The molecule has 5 heteroatoms. The Morgan fingerprint density at radius 1 is 1.29 bits per heavy atom. The van der Waals surface area contributed by atoms with E-state index in [1.54, 1.807) is 7.11 Å². The lowest BCUT2D eigenvalue weighted by Gasteiger charge is -2.11. The van der Waals surface area contributed by atoms with Gasteiger partial charge in [-0.15, -0.1) is 0 Å². The van der Waals surface area contributed by atoms with Crippen LogP contribution in [0, 0.1) is 0 Å². The van der Waals surface area contributed by atoms with E-state index in [-0.39, 0.29) is 12.4 Å². The normalized spacial score (nSPS) is 23.6. The number of hydrogen-bond acceptors (Lipinski definition) is 5. The second-order valence-electron chi connectivity index (χ2n) is 3.69. The quantitative estimate of drug-likeness (QED) is 0.814. The van der Waals surface area contributed by atoms with E-state index in [4.69, 9.17) is 18.9 Å². The molecule has 0 radical (unpaired) electrons. The summed E-state index contributed by atoms with van der Waals surface area (Å²) in [6.07, 6.45) is -0.225. The fourth-order valence-electron chi connectivity index (χ4n) is 1.55. The van der Waals surface area contributed by atoms with Crippen molar-refractivity contribution in [2.24, 2.45) is 0 Å². The van der Waals surface area contributed by atoms with Gasteiger partial charge in [0, 0.05) is 5.75 Å². The Morgan fingerprint density at radius 3 is 2.59 bits per heavy atom. The van der Waals surface area contributed by atoms with Crippen molar-refractivity contribution in [3.63, 3.8) is 0 Å². The summed E-state index contributed by atoms with van der Waals surface area (Å²) in [5, 5.41) is 0. The molecular weight excluding hydrogens is 240 g/mol. The molecular formula is C12H16O4S. The maximum Gasteiger partial charge on any atom is 0.167 e. The summed E-state index contributed by atoms with van der Waals surface area (Å²) >= 11 is 4.11. The second kappa shape index (κ2) is 6.14. The van der Waals surface area contributed by atoms with Gasteiger partial charge in [-0.1, -0.05) is 0 Å². The molecule has 1 aliphatic heterocycles. The molecule has 17 heavy (non-hydrogen) atoms. The minimum atomic E-state index is -0.206. The van der Waals surface area contributed by atoms with Gasteiger partial charge in [0.25, 0.3) is 0 Å². The molecule has 0 aliphatic carbocycles. The number of ether oxygens (including phenoxy) is 4. The van der Waals surface area contributed by atoms with E-state index < -0.39 is 0 Å². The maximum absolute atomic E-state index is 5.60. The van der Waals surface area contributed by atoms with Crippen LogP contribution in [-0.4, -0.2) is 38.5 Å². The Balaban J connectivity index is 1.78. The fraction of sp³-hybridized carbons (Fsp3) is 0.500. The van der Waals surface area contributed by atoms with Crippen molar-refractivity contribution >= 4 is 12.6 Å². The molecule has 0 spiro atoms. The number of rotatable bonds is 5. The minimum absolute atomic E-state index is 0.0192. The Labute approximate surface area is 106 Å². The van der Waals surface area contributed by atoms with E-state index in [1.165, 1.54) is 0 Å². The average molecular weight is 256 g/mol. The van der Waals surface area contributed by atoms with E-state index in [2.05, 4.69) is 12.6 Å². The van der Waals surface area contributed by atoms with Crippen LogP contribution in [0.4, 0.5) is 0 Å². The van der Waals surface area contributed by atoms with E-state index in [1.807, 2.05) is 24.3 Å². The molecule has 2 atom stereocenters. The van der Waals surface area contributed by atoms with Crippen LogP contribution >= 0.6 is 12.6 Å². The molecule has 1 heterocycles. The predicted molar refractivity (Wildman–Crippen MR) is 67.0 cm³/mol. The molecule has 0 aromatic heterocycles. The summed E-state index contributed by atoms with van der Waals surface area (Å²) in [5.41, 5.74) is 0. The zero-order chi connectivity index (χ0) is 12.1. The van der Waals surface area contributed by atoms with E-state index >= 15 is 0 Å². The minimum Gasteiger partial charge on any atom is -0.497 e. The molecule has 1 aliphatic rings. The standard InChI is InChI=1S/C12H16O4S/c1-13-9-2-4-10(5-3-9)14-6-11-7-15-12(8-17)16-11/h2-5,11-12,17H,6-8H2,1H3. The number of benzene rings is 1. The van der Waals surface area contributed by atoms with Crippen molar-refractivity contribution < 1.29 is 18.9 Å². The first kappa shape index (κ1) is 12.5. The van der Waals surface area contributed by atoms with Crippen LogP contribution in [0.25, 0.3) is 0 Å². The van der Waals surface area contributed by atoms with Crippen molar-refractivity contribution in [3.05, 3.63) is 24.3 Å². The topological polar surface area (TPSA) is 36.9 Å². The van der Waals surface area contributed by atoms with E-state index in [0.29, 0.717) is 19.0 Å².